The van der Waals surface area contributed by atoms with Crippen molar-refractivity contribution in [3.05, 3.63) is 25.3 Å². The fourth-order valence-corrected chi connectivity index (χ4v) is 4.66. The van der Waals surface area contributed by atoms with E-state index >= 15 is 0 Å². The first-order chi connectivity index (χ1) is 11.6. The zero-order chi connectivity index (χ0) is 17.4. The quantitative estimate of drug-likeness (QED) is 0.467. The molecular weight excluding hydrogens is 332 g/mol. The molecule has 25 heavy (non-hydrogen) atoms. The minimum Gasteiger partial charge on any atom is -1.00 e. The Labute approximate surface area is 161 Å². The van der Waals surface area contributed by atoms with Crippen LogP contribution in [-0.4, -0.2) is 54.1 Å². The number of hydrogen-bond donors (Lipinski definition) is 0. The summed E-state index contributed by atoms with van der Waals surface area (Å²) in [5.41, 5.74) is 0. The summed E-state index contributed by atoms with van der Waals surface area (Å²) in [5.74, 6) is 0.361. The summed E-state index contributed by atoms with van der Waals surface area (Å²) < 4.78 is 0.696. The molecule has 0 aliphatic heterocycles. The third kappa shape index (κ3) is 6.45. The number of carbonyl (C=O) groups is 1. The SMILES string of the molecule is C=CC[N+](C)(CC=C)CC(=O)N(C1CCCCC1)C1CCCCC1.[Cl-]. The molecular formula is C21H37ClN2O. The van der Waals surface area contributed by atoms with E-state index < -0.39 is 0 Å². The molecule has 144 valence electrons. The molecule has 4 heteroatoms. The van der Waals surface area contributed by atoms with E-state index in [9.17, 15) is 4.79 Å². The van der Waals surface area contributed by atoms with Gasteiger partial charge in [0.25, 0.3) is 5.91 Å². The van der Waals surface area contributed by atoms with Crippen LogP contribution in [0.3, 0.4) is 0 Å². The van der Waals surface area contributed by atoms with Crippen LogP contribution in [0.1, 0.15) is 64.2 Å². The molecule has 3 nitrogen and oxygen atoms in total. The van der Waals surface area contributed by atoms with Crippen molar-refractivity contribution in [3.8, 4) is 0 Å². The Hall–Kier alpha value is -0.800. The highest BCUT2D eigenvalue weighted by atomic mass is 35.5. The fourth-order valence-electron chi connectivity index (χ4n) is 4.66. The molecule has 2 saturated carbocycles. The lowest BCUT2D eigenvalue weighted by Gasteiger charge is -2.43. The largest absolute Gasteiger partial charge is 1.00 e. The highest BCUT2D eigenvalue weighted by Gasteiger charge is 2.35. The lowest BCUT2D eigenvalue weighted by molar-refractivity contribution is -0.890. The van der Waals surface area contributed by atoms with E-state index in [1.54, 1.807) is 0 Å². The second-order valence-electron chi connectivity index (χ2n) is 8.10. The number of amides is 1. The third-order valence-electron chi connectivity index (χ3n) is 5.88. The number of halogens is 1. The second-order valence-corrected chi connectivity index (χ2v) is 8.10. The first kappa shape index (κ1) is 22.2. The highest BCUT2D eigenvalue weighted by molar-refractivity contribution is 5.78. The summed E-state index contributed by atoms with van der Waals surface area (Å²) in [4.78, 5) is 15.7. The Morgan fingerprint density at radius 2 is 1.32 bits per heavy atom. The third-order valence-corrected chi connectivity index (χ3v) is 5.88. The van der Waals surface area contributed by atoms with Gasteiger partial charge in [0.1, 0.15) is 0 Å². The van der Waals surface area contributed by atoms with Crippen LogP contribution in [0.25, 0.3) is 0 Å². The normalized spacial score (nSPS) is 19.7. The standard InChI is InChI=1S/C21H37N2O.ClH/c1-4-16-23(3,17-5-2)18-21(24)22(19-12-8-6-9-13-19)20-14-10-7-11-15-20;/h4-5,19-20H,1-2,6-18H2,3H3;1H/q+1;/p-1. The van der Waals surface area contributed by atoms with Crippen molar-refractivity contribution in [2.24, 2.45) is 0 Å². The van der Waals surface area contributed by atoms with Gasteiger partial charge in [-0.25, -0.2) is 0 Å². The number of rotatable bonds is 8. The monoisotopic (exact) mass is 368 g/mol. The minimum atomic E-state index is 0. The van der Waals surface area contributed by atoms with E-state index in [-0.39, 0.29) is 12.4 Å². The molecule has 0 heterocycles. The molecule has 0 N–H and O–H groups in total. The van der Waals surface area contributed by atoms with E-state index in [2.05, 4.69) is 25.1 Å². The van der Waals surface area contributed by atoms with Gasteiger partial charge >= 0.3 is 0 Å². The first-order valence-corrected chi connectivity index (χ1v) is 9.96. The van der Waals surface area contributed by atoms with Crippen molar-refractivity contribution in [2.75, 3.05) is 26.7 Å². The van der Waals surface area contributed by atoms with E-state index in [0.29, 0.717) is 29.0 Å². The van der Waals surface area contributed by atoms with Gasteiger partial charge in [0.2, 0.25) is 0 Å². The minimum absolute atomic E-state index is 0. The van der Waals surface area contributed by atoms with Crippen molar-refractivity contribution in [1.82, 2.24) is 4.90 Å². The molecule has 2 fully saturated rings. The number of likely N-dealkylation sites (N-methyl/N-ethyl adjacent to an activating group) is 1. The van der Waals surface area contributed by atoms with Gasteiger partial charge in [0.05, 0.1) is 20.1 Å². The molecule has 0 bridgehead atoms. The first-order valence-electron chi connectivity index (χ1n) is 9.96. The lowest BCUT2D eigenvalue weighted by atomic mass is 9.88. The molecule has 0 spiro atoms. The van der Waals surface area contributed by atoms with Crippen LogP contribution in [0, 0.1) is 0 Å². The second kappa shape index (κ2) is 11.0. The predicted octanol–water partition coefficient (Wildman–Crippen LogP) is 1.30. The van der Waals surface area contributed by atoms with Gasteiger partial charge < -0.3 is 21.8 Å². The Morgan fingerprint density at radius 3 is 1.68 bits per heavy atom. The van der Waals surface area contributed by atoms with E-state index in [4.69, 9.17) is 0 Å². The van der Waals surface area contributed by atoms with Gasteiger partial charge in [-0.2, -0.15) is 0 Å². The van der Waals surface area contributed by atoms with Crippen LogP contribution in [0.4, 0.5) is 0 Å². The number of nitrogens with zero attached hydrogens (tertiary/aromatic N) is 2. The van der Waals surface area contributed by atoms with Crippen LogP contribution in [-0.2, 0) is 4.79 Å². The topological polar surface area (TPSA) is 20.3 Å². The van der Waals surface area contributed by atoms with Crippen LogP contribution < -0.4 is 12.4 Å². The molecule has 0 unspecified atom stereocenters. The lowest BCUT2D eigenvalue weighted by Crippen LogP contribution is -3.00. The van der Waals surface area contributed by atoms with Gasteiger partial charge in [-0.3, -0.25) is 4.79 Å². The van der Waals surface area contributed by atoms with Crippen molar-refractivity contribution >= 4 is 5.91 Å². The van der Waals surface area contributed by atoms with Crippen LogP contribution in [0.2, 0.25) is 0 Å². The molecule has 0 aromatic carbocycles. The number of quaternary nitrogens is 1. The average molecular weight is 369 g/mol. The highest BCUT2D eigenvalue weighted by Crippen LogP contribution is 2.30. The zero-order valence-corrected chi connectivity index (χ0v) is 16.9. The Morgan fingerprint density at radius 1 is 0.920 bits per heavy atom. The maximum absolute atomic E-state index is 13.3. The van der Waals surface area contributed by atoms with Crippen molar-refractivity contribution < 1.29 is 21.7 Å². The summed E-state index contributed by atoms with van der Waals surface area (Å²) in [5, 5.41) is 0. The number of hydrogen-bond acceptors (Lipinski definition) is 1. The molecule has 0 aromatic rings. The fraction of sp³-hybridized carbons (Fsp3) is 0.762. The van der Waals surface area contributed by atoms with E-state index in [1.807, 2.05) is 12.2 Å². The van der Waals surface area contributed by atoms with E-state index in [1.165, 1.54) is 64.2 Å². The van der Waals surface area contributed by atoms with Crippen LogP contribution >= 0.6 is 0 Å². The molecule has 0 aromatic heterocycles. The van der Waals surface area contributed by atoms with Gasteiger partial charge in [0.15, 0.2) is 6.54 Å². The smallest absolute Gasteiger partial charge is 0.278 e. The van der Waals surface area contributed by atoms with Crippen molar-refractivity contribution in [2.45, 2.75) is 76.3 Å². The van der Waals surface area contributed by atoms with E-state index in [0.717, 1.165) is 13.1 Å². The summed E-state index contributed by atoms with van der Waals surface area (Å²) in [6.07, 6.45) is 16.5. The van der Waals surface area contributed by atoms with Gasteiger partial charge in [0, 0.05) is 12.1 Å². The Kier molecular flexibility index (Phi) is 9.81. The molecule has 2 rings (SSSR count). The zero-order valence-electron chi connectivity index (χ0n) is 16.1. The molecule has 2 aliphatic carbocycles. The van der Waals surface area contributed by atoms with Crippen molar-refractivity contribution in [1.29, 1.82) is 0 Å². The molecule has 1 amide bonds. The molecule has 0 atom stereocenters. The Bertz CT molecular complexity index is 398. The molecule has 0 saturated heterocycles. The van der Waals surface area contributed by atoms with Gasteiger partial charge in [-0.1, -0.05) is 51.7 Å². The van der Waals surface area contributed by atoms with Gasteiger partial charge in [-0.15, -0.1) is 0 Å². The van der Waals surface area contributed by atoms with Gasteiger partial charge in [-0.05, 0) is 37.8 Å². The molecule has 2 aliphatic rings. The average Bonchev–Trinajstić information content (AvgIpc) is 2.57. The summed E-state index contributed by atoms with van der Waals surface area (Å²) in [6.45, 7) is 9.99. The van der Waals surface area contributed by atoms with Crippen molar-refractivity contribution in [3.63, 3.8) is 0 Å². The summed E-state index contributed by atoms with van der Waals surface area (Å²) in [6, 6.07) is 0.963. The number of carbonyl (C=O) groups excluding carboxylic acids is 1. The summed E-state index contributed by atoms with van der Waals surface area (Å²) >= 11 is 0. The Balaban J connectivity index is 0.00000312. The molecule has 0 radical (unpaired) electrons. The summed E-state index contributed by atoms with van der Waals surface area (Å²) in [7, 11) is 2.15. The maximum Gasteiger partial charge on any atom is 0.278 e. The van der Waals surface area contributed by atoms with Crippen LogP contribution in [0.5, 0.6) is 0 Å². The predicted molar refractivity (Wildman–Crippen MR) is 102 cm³/mol. The van der Waals surface area contributed by atoms with Crippen LogP contribution in [0.15, 0.2) is 25.3 Å². The maximum atomic E-state index is 13.3.